The number of fused-ring (bicyclic) bond motifs is 1. The first-order chi connectivity index (χ1) is 15.1. The molecule has 1 aliphatic heterocycles. The first-order valence-corrected chi connectivity index (χ1v) is 9.94. The summed E-state index contributed by atoms with van der Waals surface area (Å²) in [5.41, 5.74) is 0.349. The largest absolute Gasteiger partial charge is 0.489 e. The van der Waals surface area contributed by atoms with Crippen LogP contribution in [0.2, 0.25) is 0 Å². The van der Waals surface area contributed by atoms with E-state index < -0.39 is 24.2 Å². The molecule has 2 aromatic rings. The Labute approximate surface area is 184 Å². The lowest BCUT2D eigenvalue weighted by Gasteiger charge is -2.20. The van der Waals surface area contributed by atoms with Gasteiger partial charge in [0.25, 0.3) is 17.7 Å². The Bertz CT molecular complexity index is 1070. The van der Waals surface area contributed by atoms with E-state index in [1.165, 1.54) is 24.3 Å². The molecular weight excluding hydrogens is 415 g/mol. The molecule has 0 saturated carbocycles. The van der Waals surface area contributed by atoms with E-state index in [2.05, 4.69) is 5.32 Å². The lowest BCUT2D eigenvalue weighted by atomic mass is 10.1. The molecule has 0 radical (unpaired) electrons. The van der Waals surface area contributed by atoms with Crippen LogP contribution in [0.4, 0.5) is 4.39 Å². The van der Waals surface area contributed by atoms with Gasteiger partial charge in [0.05, 0.1) is 17.7 Å². The van der Waals surface area contributed by atoms with Crippen LogP contribution in [-0.2, 0) is 4.79 Å². The number of halogens is 1. The number of hydrogen-bond acceptors (Lipinski definition) is 5. The van der Waals surface area contributed by atoms with Crippen molar-refractivity contribution in [2.24, 2.45) is 0 Å². The predicted octanol–water partition coefficient (Wildman–Crippen LogP) is 3.31. The molecule has 0 bridgehead atoms. The second-order valence-corrected chi connectivity index (χ2v) is 8.33. The van der Waals surface area contributed by atoms with Crippen LogP contribution < -0.4 is 10.1 Å². The van der Waals surface area contributed by atoms with Gasteiger partial charge in [0.15, 0.2) is 12.1 Å². The summed E-state index contributed by atoms with van der Waals surface area (Å²) in [6.07, 6.45) is 0.0107. The van der Waals surface area contributed by atoms with Gasteiger partial charge in [-0.25, -0.2) is 4.39 Å². The Morgan fingerprint density at radius 2 is 1.59 bits per heavy atom. The third-order valence-electron chi connectivity index (χ3n) is 4.69. The standard InChI is InChI=1S/C24H23FN2O5/c1-24(2,3)26-21(29)15-8-10-17(11-9-15)32-14-16(20(25)13-28)12-27-22(30)18-6-4-5-7-19(18)23(27)31/h4-11,13H,12,14H2,1-3H3,(H,26,29)/b20-16+. The topological polar surface area (TPSA) is 92.8 Å². The van der Waals surface area contributed by atoms with Crippen LogP contribution >= 0.6 is 0 Å². The second-order valence-electron chi connectivity index (χ2n) is 8.33. The van der Waals surface area contributed by atoms with Crippen LogP contribution in [0.3, 0.4) is 0 Å². The highest BCUT2D eigenvalue weighted by atomic mass is 19.1. The number of carbonyl (C=O) groups excluding carboxylic acids is 4. The van der Waals surface area contributed by atoms with Crippen LogP contribution in [0, 0.1) is 0 Å². The maximum Gasteiger partial charge on any atom is 0.261 e. The van der Waals surface area contributed by atoms with Crippen LogP contribution in [0.5, 0.6) is 5.75 Å². The minimum atomic E-state index is -1.11. The fourth-order valence-electron chi connectivity index (χ4n) is 3.13. The maximum atomic E-state index is 14.2. The zero-order chi connectivity index (χ0) is 23.5. The van der Waals surface area contributed by atoms with Crippen LogP contribution in [-0.4, -0.2) is 47.6 Å². The lowest BCUT2D eigenvalue weighted by Crippen LogP contribution is -2.40. The molecule has 2 aromatic carbocycles. The van der Waals surface area contributed by atoms with Crippen molar-refractivity contribution in [3.63, 3.8) is 0 Å². The van der Waals surface area contributed by atoms with Gasteiger partial charge in [-0.3, -0.25) is 24.1 Å². The molecule has 0 unspecified atom stereocenters. The molecule has 1 N–H and O–H groups in total. The minimum Gasteiger partial charge on any atom is -0.489 e. The summed E-state index contributed by atoms with van der Waals surface area (Å²) in [6.45, 7) is 4.83. The Balaban J connectivity index is 1.69. The number of nitrogens with zero attached hydrogens (tertiary/aromatic N) is 1. The average molecular weight is 438 g/mol. The maximum absolute atomic E-state index is 14.2. The van der Waals surface area contributed by atoms with Crippen molar-refractivity contribution < 1.29 is 28.3 Å². The van der Waals surface area contributed by atoms with E-state index >= 15 is 0 Å². The van der Waals surface area contributed by atoms with E-state index in [4.69, 9.17) is 4.74 Å². The molecule has 32 heavy (non-hydrogen) atoms. The molecule has 166 valence electrons. The zero-order valence-corrected chi connectivity index (χ0v) is 18.0. The van der Waals surface area contributed by atoms with Crippen molar-refractivity contribution in [2.75, 3.05) is 13.2 Å². The Hall–Kier alpha value is -3.81. The molecule has 1 aliphatic rings. The molecule has 8 heteroatoms. The van der Waals surface area contributed by atoms with E-state index in [1.54, 1.807) is 24.3 Å². The number of nitrogens with one attached hydrogen (secondary N) is 1. The first kappa shape index (κ1) is 22.9. The third-order valence-corrected chi connectivity index (χ3v) is 4.69. The molecule has 0 fully saturated rings. The van der Waals surface area contributed by atoms with Gasteiger partial charge in [0.1, 0.15) is 12.4 Å². The Morgan fingerprint density at radius 1 is 1.03 bits per heavy atom. The normalized spacial score (nSPS) is 14.1. The summed E-state index contributed by atoms with van der Waals surface area (Å²) >= 11 is 0. The van der Waals surface area contributed by atoms with Gasteiger partial charge in [0.2, 0.25) is 0 Å². The number of hydrogen-bond donors (Lipinski definition) is 1. The molecule has 3 amide bonds. The molecule has 0 atom stereocenters. The average Bonchev–Trinajstić information content (AvgIpc) is 3.00. The van der Waals surface area contributed by atoms with Crippen LogP contribution in [0.25, 0.3) is 0 Å². The third kappa shape index (κ3) is 5.08. The fraction of sp³-hybridized carbons (Fsp3) is 0.250. The highest BCUT2D eigenvalue weighted by molar-refractivity contribution is 6.21. The van der Waals surface area contributed by atoms with Gasteiger partial charge < -0.3 is 10.1 Å². The number of amides is 3. The summed E-state index contributed by atoms with van der Waals surface area (Å²) in [5, 5.41) is 2.84. The number of rotatable bonds is 7. The molecule has 3 rings (SSSR count). The monoisotopic (exact) mass is 438 g/mol. The summed E-state index contributed by atoms with van der Waals surface area (Å²) in [6, 6.07) is 12.5. The van der Waals surface area contributed by atoms with Gasteiger partial charge in [-0.05, 0) is 57.2 Å². The highest BCUT2D eigenvalue weighted by Gasteiger charge is 2.36. The van der Waals surface area contributed by atoms with E-state index in [9.17, 15) is 23.6 Å². The van der Waals surface area contributed by atoms with Crippen LogP contribution in [0.1, 0.15) is 51.8 Å². The van der Waals surface area contributed by atoms with Gasteiger partial charge >= 0.3 is 0 Å². The molecule has 1 heterocycles. The van der Waals surface area contributed by atoms with Crippen molar-refractivity contribution in [2.45, 2.75) is 26.3 Å². The molecule has 0 aromatic heterocycles. The van der Waals surface area contributed by atoms with Gasteiger partial charge in [-0.1, -0.05) is 12.1 Å². The Morgan fingerprint density at radius 3 is 2.09 bits per heavy atom. The van der Waals surface area contributed by atoms with Gasteiger partial charge in [0, 0.05) is 16.7 Å². The van der Waals surface area contributed by atoms with E-state index in [1.807, 2.05) is 20.8 Å². The summed E-state index contributed by atoms with van der Waals surface area (Å²) < 4.78 is 19.7. The van der Waals surface area contributed by atoms with Crippen LogP contribution in [0.15, 0.2) is 59.9 Å². The number of aldehydes is 1. The zero-order valence-electron chi connectivity index (χ0n) is 18.0. The van der Waals surface area contributed by atoms with Crippen molar-refractivity contribution >= 4 is 24.0 Å². The van der Waals surface area contributed by atoms with E-state index in [-0.39, 0.29) is 41.0 Å². The minimum absolute atomic E-state index is 0.0107. The second kappa shape index (κ2) is 9.13. The first-order valence-electron chi connectivity index (χ1n) is 9.94. The van der Waals surface area contributed by atoms with Crippen molar-refractivity contribution in [1.29, 1.82) is 0 Å². The van der Waals surface area contributed by atoms with Crippen molar-refractivity contribution in [1.82, 2.24) is 10.2 Å². The number of imide groups is 1. The SMILES string of the molecule is CC(C)(C)NC(=O)c1ccc(OC/C(CN2C(=O)c3ccccc3C2=O)=C(/F)C=O)cc1. The van der Waals surface area contributed by atoms with Gasteiger partial charge in [-0.2, -0.15) is 0 Å². The summed E-state index contributed by atoms with van der Waals surface area (Å²) in [7, 11) is 0. The Kier molecular flexibility index (Phi) is 6.53. The predicted molar refractivity (Wildman–Crippen MR) is 115 cm³/mol. The number of ether oxygens (including phenoxy) is 1. The highest BCUT2D eigenvalue weighted by Crippen LogP contribution is 2.24. The van der Waals surface area contributed by atoms with Crippen molar-refractivity contribution in [3.8, 4) is 5.75 Å². The lowest BCUT2D eigenvalue weighted by molar-refractivity contribution is -0.106. The fourth-order valence-corrected chi connectivity index (χ4v) is 3.13. The molecule has 0 spiro atoms. The molecular formula is C24H23FN2O5. The quantitative estimate of drug-likeness (QED) is 0.407. The van der Waals surface area contributed by atoms with E-state index in [0.29, 0.717) is 11.3 Å². The number of carbonyl (C=O) groups is 4. The molecule has 0 aliphatic carbocycles. The summed E-state index contributed by atoms with van der Waals surface area (Å²) in [5.74, 6) is -2.15. The molecule has 7 nitrogen and oxygen atoms in total. The number of allylic oxidation sites excluding steroid dienone is 1. The number of benzene rings is 2. The summed E-state index contributed by atoms with van der Waals surface area (Å²) in [4.78, 5) is 49.1. The van der Waals surface area contributed by atoms with Gasteiger partial charge in [-0.15, -0.1) is 0 Å². The smallest absolute Gasteiger partial charge is 0.261 e. The van der Waals surface area contributed by atoms with E-state index in [0.717, 1.165) is 4.90 Å². The van der Waals surface area contributed by atoms with Crippen molar-refractivity contribution in [3.05, 3.63) is 76.6 Å². The molecule has 0 saturated heterocycles.